The maximum Gasteiger partial charge on any atom is 0.126 e. The minimum atomic E-state index is -0.538. The summed E-state index contributed by atoms with van der Waals surface area (Å²) in [7, 11) is 0. The van der Waals surface area contributed by atoms with Crippen LogP contribution in [0, 0.1) is 11.6 Å². The minimum Gasteiger partial charge on any atom is -0.385 e. The zero-order chi connectivity index (χ0) is 12.1. The predicted molar refractivity (Wildman–Crippen MR) is 62.8 cm³/mol. The van der Waals surface area contributed by atoms with E-state index < -0.39 is 11.6 Å². The molecule has 0 unspecified atom stereocenters. The van der Waals surface area contributed by atoms with Crippen LogP contribution in [0.2, 0.25) is 0 Å². The quantitative estimate of drug-likeness (QED) is 0.879. The Balaban J connectivity index is 1.90. The van der Waals surface area contributed by atoms with Gasteiger partial charge in [-0.15, -0.1) is 0 Å². The molecule has 0 amide bonds. The molecule has 2 rings (SSSR count). The summed E-state index contributed by atoms with van der Waals surface area (Å²) in [6.07, 6.45) is 3.94. The van der Waals surface area contributed by atoms with Gasteiger partial charge in [0.1, 0.15) is 11.6 Å². The van der Waals surface area contributed by atoms with Crippen LogP contribution in [0.3, 0.4) is 0 Å². The second-order valence-corrected chi connectivity index (χ2v) is 3.69. The summed E-state index contributed by atoms with van der Waals surface area (Å²) in [5.74, 6) is -1.08. The van der Waals surface area contributed by atoms with Crippen LogP contribution in [-0.4, -0.2) is 11.5 Å². The monoisotopic (exact) mass is 234 g/mol. The molecule has 0 saturated heterocycles. The topological polar surface area (TPSA) is 24.9 Å². The standard InChI is InChI=1S/C13H12F2N2/c14-11-7-10(8-12(15)9-11)1-6-17-13-2-4-16-5-3-13/h2-5,7-9H,1,6H2,(H,16,17). The van der Waals surface area contributed by atoms with E-state index in [2.05, 4.69) is 10.3 Å². The van der Waals surface area contributed by atoms with Crippen molar-refractivity contribution in [3.8, 4) is 0 Å². The summed E-state index contributed by atoms with van der Waals surface area (Å²) in [6.45, 7) is 0.618. The lowest BCUT2D eigenvalue weighted by Crippen LogP contribution is -2.05. The average Bonchev–Trinajstić information content (AvgIpc) is 2.29. The molecule has 0 spiro atoms. The van der Waals surface area contributed by atoms with E-state index in [1.165, 1.54) is 12.1 Å². The van der Waals surface area contributed by atoms with Crippen molar-refractivity contribution < 1.29 is 8.78 Å². The highest BCUT2D eigenvalue weighted by molar-refractivity contribution is 5.40. The second-order valence-electron chi connectivity index (χ2n) is 3.69. The Bertz CT molecular complexity index is 466. The van der Waals surface area contributed by atoms with Crippen molar-refractivity contribution in [3.05, 3.63) is 59.9 Å². The fourth-order valence-corrected chi connectivity index (χ4v) is 1.58. The average molecular weight is 234 g/mol. The van der Waals surface area contributed by atoms with Crippen molar-refractivity contribution in [3.63, 3.8) is 0 Å². The van der Waals surface area contributed by atoms with E-state index in [0.29, 0.717) is 18.5 Å². The first-order valence-corrected chi connectivity index (χ1v) is 5.33. The number of rotatable bonds is 4. The third-order valence-corrected chi connectivity index (χ3v) is 2.35. The first-order chi connectivity index (χ1) is 8.24. The Morgan fingerprint density at radius 2 is 1.65 bits per heavy atom. The number of pyridine rings is 1. The molecule has 0 aliphatic rings. The molecule has 1 N–H and O–H groups in total. The summed E-state index contributed by atoms with van der Waals surface area (Å²) in [6, 6.07) is 7.24. The largest absolute Gasteiger partial charge is 0.385 e. The molecular weight excluding hydrogens is 222 g/mol. The van der Waals surface area contributed by atoms with Crippen LogP contribution in [0.5, 0.6) is 0 Å². The van der Waals surface area contributed by atoms with Crippen molar-refractivity contribution in [2.75, 3.05) is 11.9 Å². The maximum atomic E-state index is 12.9. The van der Waals surface area contributed by atoms with Gasteiger partial charge in [0.15, 0.2) is 0 Å². The number of benzene rings is 1. The molecule has 88 valence electrons. The summed E-state index contributed by atoms with van der Waals surface area (Å²) in [4.78, 5) is 3.90. The zero-order valence-corrected chi connectivity index (χ0v) is 9.16. The van der Waals surface area contributed by atoms with Crippen LogP contribution >= 0.6 is 0 Å². The number of hydrogen-bond acceptors (Lipinski definition) is 2. The number of hydrogen-bond donors (Lipinski definition) is 1. The van der Waals surface area contributed by atoms with Crippen LogP contribution in [-0.2, 0) is 6.42 Å². The van der Waals surface area contributed by atoms with Gasteiger partial charge in [0, 0.05) is 30.7 Å². The third-order valence-electron chi connectivity index (χ3n) is 2.35. The minimum absolute atomic E-state index is 0.538. The molecule has 1 heterocycles. The van der Waals surface area contributed by atoms with Gasteiger partial charge in [0.05, 0.1) is 0 Å². The molecule has 4 heteroatoms. The van der Waals surface area contributed by atoms with Gasteiger partial charge in [-0.25, -0.2) is 8.78 Å². The first-order valence-electron chi connectivity index (χ1n) is 5.33. The smallest absolute Gasteiger partial charge is 0.126 e. The molecule has 2 aromatic rings. The summed E-state index contributed by atoms with van der Waals surface area (Å²) < 4.78 is 25.8. The Morgan fingerprint density at radius 1 is 1.00 bits per heavy atom. The fourth-order valence-electron chi connectivity index (χ4n) is 1.58. The molecule has 0 radical (unpaired) electrons. The molecule has 0 atom stereocenters. The van der Waals surface area contributed by atoms with E-state index in [-0.39, 0.29) is 0 Å². The molecule has 0 aliphatic heterocycles. The summed E-state index contributed by atoms with van der Waals surface area (Å²) in [5, 5.41) is 3.15. The van der Waals surface area contributed by atoms with E-state index >= 15 is 0 Å². The molecule has 2 nitrogen and oxygen atoms in total. The SMILES string of the molecule is Fc1cc(F)cc(CCNc2ccncc2)c1. The van der Waals surface area contributed by atoms with Gasteiger partial charge in [0.2, 0.25) is 0 Å². The fraction of sp³-hybridized carbons (Fsp3) is 0.154. The van der Waals surface area contributed by atoms with E-state index in [9.17, 15) is 8.78 Å². The van der Waals surface area contributed by atoms with Crippen molar-refractivity contribution in [1.29, 1.82) is 0 Å². The van der Waals surface area contributed by atoms with Crippen LogP contribution in [0.25, 0.3) is 0 Å². The van der Waals surface area contributed by atoms with Crippen molar-refractivity contribution in [1.82, 2.24) is 4.98 Å². The van der Waals surface area contributed by atoms with E-state index in [1.54, 1.807) is 12.4 Å². The third kappa shape index (κ3) is 3.52. The van der Waals surface area contributed by atoms with E-state index in [4.69, 9.17) is 0 Å². The number of nitrogens with zero attached hydrogens (tertiary/aromatic N) is 1. The number of anilines is 1. The Labute approximate surface area is 98.3 Å². The molecular formula is C13H12F2N2. The lowest BCUT2D eigenvalue weighted by molar-refractivity contribution is 0.580. The van der Waals surface area contributed by atoms with E-state index in [0.717, 1.165) is 11.8 Å². The zero-order valence-electron chi connectivity index (χ0n) is 9.16. The van der Waals surface area contributed by atoms with Gasteiger partial charge in [-0.3, -0.25) is 4.98 Å². The van der Waals surface area contributed by atoms with Gasteiger partial charge < -0.3 is 5.32 Å². The van der Waals surface area contributed by atoms with Crippen molar-refractivity contribution in [2.24, 2.45) is 0 Å². The maximum absolute atomic E-state index is 12.9. The number of nitrogens with one attached hydrogen (secondary N) is 1. The van der Waals surface area contributed by atoms with Gasteiger partial charge in [-0.2, -0.15) is 0 Å². The highest BCUT2D eigenvalue weighted by atomic mass is 19.1. The van der Waals surface area contributed by atoms with Gasteiger partial charge in [-0.05, 0) is 36.2 Å². The van der Waals surface area contributed by atoms with Crippen LogP contribution in [0.4, 0.5) is 14.5 Å². The normalized spacial score (nSPS) is 10.2. The van der Waals surface area contributed by atoms with Gasteiger partial charge in [0.25, 0.3) is 0 Å². The highest BCUT2D eigenvalue weighted by Crippen LogP contribution is 2.09. The lowest BCUT2D eigenvalue weighted by Gasteiger charge is -2.06. The molecule has 0 saturated carbocycles. The van der Waals surface area contributed by atoms with Gasteiger partial charge >= 0.3 is 0 Å². The first kappa shape index (κ1) is 11.5. The van der Waals surface area contributed by atoms with Gasteiger partial charge in [-0.1, -0.05) is 0 Å². The number of halogens is 2. The summed E-state index contributed by atoms with van der Waals surface area (Å²) in [5.41, 5.74) is 1.58. The number of aromatic nitrogens is 1. The Kier molecular flexibility index (Phi) is 3.65. The van der Waals surface area contributed by atoms with Crippen LogP contribution in [0.15, 0.2) is 42.7 Å². The van der Waals surface area contributed by atoms with Crippen LogP contribution < -0.4 is 5.32 Å². The highest BCUT2D eigenvalue weighted by Gasteiger charge is 2.00. The Hall–Kier alpha value is -1.97. The molecule has 1 aromatic heterocycles. The molecule has 0 aliphatic carbocycles. The predicted octanol–water partition coefficient (Wildman–Crippen LogP) is 3.01. The van der Waals surface area contributed by atoms with Crippen LogP contribution in [0.1, 0.15) is 5.56 Å². The molecule has 0 fully saturated rings. The van der Waals surface area contributed by atoms with Crippen molar-refractivity contribution in [2.45, 2.75) is 6.42 Å². The molecule has 17 heavy (non-hydrogen) atoms. The van der Waals surface area contributed by atoms with Crippen molar-refractivity contribution >= 4 is 5.69 Å². The molecule has 0 bridgehead atoms. The molecule has 1 aromatic carbocycles. The summed E-state index contributed by atoms with van der Waals surface area (Å²) >= 11 is 0. The van der Waals surface area contributed by atoms with E-state index in [1.807, 2.05) is 12.1 Å². The Morgan fingerprint density at radius 3 is 2.29 bits per heavy atom. The lowest BCUT2D eigenvalue weighted by atomic mass is 10.1. The second kappa shape index (κ2) is 5.39.